The number of fused-ring (bicyclic) bond motifs is 1. The molecule has 76 valence electrons. The van der Waals surface area contributed by atoms with Gasteiger partial charge in [-0.05, 0) is 30.2 Å². The molecule has 0 bridgehead atoms. The Labute approximate surface area is 87.2 Å². The topological polar surface area (TPSA) is 49.7 Å². The minimum Gasteiger partial charge on any atom is -0.315 e. The predicted octanol–water partition coefficient (Wildman–Crippen LogP) is 1.56. The van der Waals surface area contributed by atoms with Gasteiger partial charge in [0.05, 0.1) is 5.69 Å². The van der Waals surface area contributed by atoms with Crippen LogP contribution in [0, 0.1) is 0 Å². The van der Waals surface area contributed by atoms with E-state index in [1.807, 2.05) is 12.1 Å². The summed E-state index contributed by atoms with van der Waals surface area (Å²) in [5.41, 5.74) is 2.54. The third kappa shape index (κ3) is 1.67. The van der Waals surface area contributed by atoms with Crippen molar-refractivity contribution < 1.29 is 9.59 Å². The summed E-state index contributed by atoms with van der Waals surface area (Å²) < 4.78 is 0. The minimum absolute atomic E-state index is 0.120. The normalized spacial score (nSPS) is 14.5. The lowest BCUT2D eigenvalue weighted by Gasteiger charge is -2.25. The van der Waals surface area contributed by atoms with Crippen molar-refractivity contribution in [3.05, 3.63) is 23.8 Å². The van der Waals surface area contributed by atoms with Crippen molar-refractivity contribution >= 4 is 23.4 Å². The van der Waals surface area contributed by atoms with Gasteiger partial charge in [-0.25, -0.2) is 4.79 Å². The van der Waals surface area contributed by atoms with E-state index in [0.717, 1.165) is 11.3 Å². The van der Waals surface area contributed by atoms with Crippen LogP contribution >= 0.6 is 0 Å². The third-order valence-electron chi connectivity index (χ3n) is 2.58. The first kappa shape index (κ1) is 9.62. The van der Waals surface area contributed by atoms with Crippen LogP contribution in [0.5, 0.6) is 0 Å². The van der Waals surface area contributed by atoms with Crippen molar-refractivity contribution in [1.29, 1.82) is 0 Å². The maximum atomic E-state index is 11.4. The molecule has 1 heterocycles. The van der Waals surface area contributed by atoms with E-state index < -0.39 is 0 Å². The van der Waals surface area contributed by atoms with Crippen LogP contribution in [0.1, 0.15) is 12.0 Å². The lowest BCUT2D eigenvalue weighted by molar-refractivity contribution is -0.118. The Morgan fingerprint density at radius 1 is 1.40 bits per heavy atom. The number of nitrogens with zero attached hydrogens (tertiary/aromatic N) is 2. The maximum Gasteiger partial charge on any atom is 0.240 e. The van der Waals surface area contributed by atoms with E-state index in [4.69, 9.17) is 0 Å². The van der Waals surface area contributed by atoms with Crippen LogP contribution in [0.3, 0.4) is 0 Å². The first-order valence-corrected chi connectivity index (χ1v) is 4.70. The van der Waals surface area contributed by atoms with E-state index in [0.29, 0.717) is 18.5 Å². The number of rotatable bonds is 1. The molecule has 2 rings (SSSR count). The largest absolute Gasteiger partial charge is 0.315 e. The van der Waals surface area contributed by atoms with Gasteiger partial charge in [0.25, 0.3) is 0 Å². The standard InChI is InChI=1S/C11H10N2O2/c1-13-10-4-3-9(12-7-14)6-8(10)2-5-11(13)15/h3-4,6H,2,5H2,1H3. The number of anilines is 1. The molecule has 1 aliphatic heterocycles. The molecule has 0 N–H and O–H groups in total. The number of isocyanates is 1. The summed E-state index contributed by atoms with van der Waals surface area (Å²) in [7, 11) is 1.75. The molecule has 1 aromatic rings. The Balaban J connectivity index is 2.46. The highest BCUT2D eigenvalue weighted by Gasteiger charge is 2.20. The van der Waals surface area contributed by atoms with Crippen LogP contribution in [0.15, 0.2) is 23.2 Å². The minimum atomic E-state index is 0.120. The lowest BCUT2D eigenvalue weighted by Crippen LogP contribution is -2.30. The first-order valence-electron chi connectivity index (χ1n) is 4.70. The van der Waals surface area contributed by atoms with Crippen LogP contribution in [-0.2, 0) is 16.0 Å². The Kier molecular flexibility index (Phi) is 2.35. The average Bonchev–Trinajstić information content (AvgIpc) is 2.24. The van der Waals surface area contributed by atoms with E-state index in [-0.39, 0.29) is 5.91 Å². The Hall–Kier alpha value is -1.93. The van der Waals surface area contributed by atoms with Crippen molar-refractivity contribution in [2.75, 3.05) is 11.9 Å². The predicted molar refractivity (Wildman–Crippen MR) is 56.0 cm³/mol. The zero-order valence-electron chi connectivity index (χ0n) is 8.36. The van der Waals surface area contributed by atoms with Crippen molar-refractivity contribution in [2.45, 2.75) is 12.8 Å². The average molecular weight is 202 g/mol. The number of carbonyl (C=O) groups excluding carboxylic acids is 2. The highest BCUT2D eigenvalue weighted by atomic mass is 16.2. The maximum absolute atomic E-state index is 11.4. The molecule has 0 atom stereocenters. The van der Waals surface area contributed by atoms with E-state index in [9.17, 15) is 9.59 Å². The highest BCUT2D eigenvalue weighted by Crippen LogP contribution is 2.29. The molecule has 0 aliphatic carbocycles. The van der Waals surface area contributed by atoms with Crippen LogP contribution < -0.4 is 4.90 Å². The van der Waals surface area contributed by atoms with Crippen LogP contribution in [0.25, 0.3) is 0 Å². The molecule has 0 unspecified atom stereocenters. The number of carbonyl (C=O) groups is 1. The lowest BCUT2D eigenvalue weighted by atomic mass is 10.0. The Morgan fingerprint density at radius 2 is 2.20 bits per heavy atom. The summed E-state index contributed by atoms with van der Waals surface area (Å²) in [6.07, 6.45) is 2.73. The summed E-state index contributed by atoms with van der Waals surface area (Å²) >= 11 is 0. The summed E-state index contributed by atoms with van der Waals surface area (Å²) in [5.74, 6) is 0.120. The molecule has 0 fully saturated rings. The van der Waals surface area contributed by atoms with E-state index in [1.54, 1.807) is 18.0 Å². The SMILES string of the molecule is CN1C(=O)CCc2cc(N=C=O)ccc21. The highest BCUT2D eigenvalue weighted by molar-refractivity contribution is 5.96. The molecule has 0 spiro atoms. The van der Waals surface area contributed by atoms with Gasteiger partial charge in [0.1, 0.15) is 0 Å². The fraction of sp³-hybridized carbons (Fsp3) is 0.273. The summed E-state index contributed by atoms with van der Waals surface area (Å²) in [4.78, 5) is 26.7. The van der Waals surface area contributed by atoms with Gasteiger partial charge in [0, 0.05) is 19.2 Å². The quantitative estimate of drug-likeness (QED) is 0.512. The second kappa shape index (κ2) is 3.67. The molecule has 0 saturated carbocycles. The van der Waals surface area contributed by atoms with E-state index in [1.165, 1.54) is 6.08 Å². The molecule has 4 heteroatoms. The fourth-order valence-corrected chi connectivity index (χ4v) is 1.77. The molecule has 0 aromatic heterocycles. The first-order chi connectivity index (χ1) is 7.22. The Morgan fingerprint density at radius 3 is 2.93 bits per heavy atom. The number of aliphatic imine (C=N–C) groups is 1. The van der Waals surface area contributed by atoms with Gasteiger partial charge in [0.15, 0.2) is 0 Å². The van der Waals surface area contributed by atoms with Gasteiger partial charge in [-0.1, -0.05) is 0 Å². The van der Waals surface area contributed by atoms with Crippen LogP contribution in [0.4, 0.5) is 11.4 Å². The smallest absolute Gasteiger partial charge is 0.240 e. The van der Waals surface area contributed by atoms with Crippen molar-refractivity contribution in [3.8, 4) is 0 Å². The molecule has 15 heavy (non-hydrogen) atoms. The van der Waals surface area contributed by atoms with Gasteiger partial charge in [-0.3, -0.25) is 4.79 Å². The van der Waals surface area contributed by atoms with Gasteiger partial charge < -0.3 is 4.90 Å². The molecular weight excluding hydrogens is 192 g/mol. The van der Waals surface area contributed by atoms with Crippen molar-refractivity contribution in [2.24, 2.45) is 4.99 Å². The Bertz CT molecular complexity index is 462. The number of amides is 1. The molecule has 1 aliphatic rings. The van der Waals surface area contributed by atoms with Crippen molar-refractivity contribution in [3.63, 3.8) is 0 Å². The van der Waals surface area contributed by atoms with Gasteiger partial charge in [0.2, 0.25) is 12.0 Å². The molecular formula is C11H10N2O2. The molecule has 0 saturated heterocycles. The van der Waals surface area contributed by atoms with Gasteiger partial charge in [-0.2, -0.15) is 4.99 Å². The molecule has 4 nitrogen and oxygen atoms in total. The number of aryl methyl sites for hydroxylation is 1. The zero-order valence-corrected chi connectivity index (χ0v) is 8.36. The second-order valence-electron chi connectivity index (χ2n) is 3.47. The third-order valence-corrected chi connectivity index (χ3v) is 2.58. The number of benzene rings is 1. The molecule has 1 amide bonds. The van der Waals surface area contributed by atoms with E-state index >= 15 is 0 Å². The molecule has 0 radical (unpaired) electrons. The summed E-state index contributed by atoms with van der Waals surface area (Å²) in [6.45, 7) is 0. The van der Waals surface area contributed by atoms with Crippen LogP contribution in [-0.4, -0.2) is 19.0 Å². The number of hydrogen-bond acceptors (Lipinski definition) is 3. The summed E-state index contributed by atoms with van der Waals surface area (Å²) in [6, 6.07) is 5.34. The second-order valence-corrected chi connectivity index (χ2v) is 3.47. The van der Waals surface area contributed by atoms with Gasteiger partial charge in [-0.15, -0.1) is 0 Å². The van der Waals surface area contributed by atoms with E-state index in [2.05, 4.69) is 4.99 Å². The van der Waals surface area contributed by atoms with Crippen molar-refractivity contribution in [1.82, 2.24) is 0 Å². The zero-order chi connectivity index (χ0) is 10.8. The summed E-state index contributed by atoms with van der Waals surface area (Å²) in [5, 5.41) is 0. The monoisotopic (exact) mass is 202 g/mol. The van der Waals surface area contributed by atoms with Crippen LogP contribution in [0.2, 0.25) is 0 Å². The molecule has 1 aromatic carbocycles. The number of hydrogen-bond donors (Lipinski definition) is 0. The fourth-order valence-electron chi connectivity index (χ4n) is 1.77. The van der Waals surface area contributed by atoms with Gasteiger partial charge >= 0.3 is 0 Å².